The number of aryl methyl sites for hydroxylation is 1. The lowest BCUT2D eigenvalue weighted by atomic mass is 10.2. The molecule has 0 spiro atoms. The predicted octanol–water partition coefficient (Wildman–Crippen LogP) is -1.89. The van der Waals surface area contributed by atoms with Gasteiger partial charge in [0.2, 0.25) is 5.95 Å². The Bertz CT molecular complexity index is 611. The third-order valence-corrected chi connectivity index (χ3v) is 2.41. The highest BCUT2D eigenvalue weighted by Crippen LogP contribution is 2.10. The van der Waals surface area contributed by atoms with Gasteiger partial charge >= 0.3 is 0 Å². The Morgan fingerprint density at radius 1 is 1.44 bits per heavy atom. The van der Waals surface area contributed by atoms with Crippen LogP contribution < -0.4 is 11.3 Å². The first-order valence-corrected chi connectivity index (χ1v) is 5.24. The lowest BCUT2D eigenvalue weighted by Crippen LogP contribution is -2.27. The normalized spacial score (nSPS) is 12.2. The minimum atomic E-state index is -2.70. The zero-order valence-electron chi connectivity index (χ0n) is 9.37. The Kier molecular flexibility index (Phi) is 3.03. The van der Waals surface area contributed by atoms with Crippen LogP contribution >= 0.6 is 0 Å². The zero-order valence-corrected chi connectivity index (χ0v) is 9.37. The summed E-state index contributed by atoms with van der Waals surface area (Å²) in [6, 6.07) is 0. The van der Waals surface area contributed by atoms with Crippen molar-refractivity contribution in [1.29, 1.82) is 0 Å². The fourth-order valence-corrected chi connectivity index (χ4v) is 1.66. The quantitative estimate of drug-likeness (QED) is 0.401. The highest BCUT2D eigenvalue weighted by molar-refractivity contribution is 5.70. The van der Waals surface area contributed by atoms with Gasteiger partial charge in [0.15, 0.2) is 11.2 Å². The maximum atomic E-state index is 11.7. The second-order valence-corrected chi connectivity index (χ2v) is 3.94. The fraction of sp³-hybridized carbons (Fsp3) is 0.444. The number of nitrogen functional groups attached to an aromatic ring is 1. The molecule has 0 unspecified atom stereocenters. The van der Waals surface area contributed by atoms with Gasteiger partial charge in [-0.2, -0.15) is 4.98 Å². The molecule has 0 bridgehead atoms. The van der Waals surface area contributed by atoms with Gasteiger partial charge in [-0.3, -0.25) is 9.78 Å². The van der Waals surface area contributed by atoms with Crippen molar-refractivity contribution < 1.29 is 15.3 Å². The number of aromatic amines is 1. The molecular weight excluding hydrogens is 242 g/mol. The smallest absolute Gasteiger partial charge is 0.278 e. The summed E-state index contributed by atoms with van der Waals surface area (Å²) >= 11 is 0. The minimum Gasteiger partial charge on any atom is -0.369 e. The summed E-state index contributed by atoms with van der Waals surface area (Å²) in [6.07, 6.45) is 1.41. The molecular formula is C9H13N5O4. The van der Waals surface area contributed by atoms with E-state index in [4.69, 9.17) is 21.1 Å². The second-order valence-electron chi connectivity index (χ2n) is 3.94. The van der Waals surface area contributed by atoms with E-state index < -0.39 is 11.5 Å². The molecule has 2 heterocycles. The Labute approximate surface area is 101 Å². The third-order valence-electron chi connectivity index (χ3n) is 2.41. The molecule has 0 aromatic carbocycles. The van der Waals surface area contributed by atoms with E-state index in [9.17, 15) is 4.79 Å². The molecule has 0 atom stereocenters. The summed E-state index contributed by atoms with van der Waals surface area (Å²) < 4.78 is 1.51. The van der Waals surface area contributed by atoms with Crippen LogP contribution in [0.25, 0.3) is 11.2 Å². The van der Waals surface area contributed by atoms with E-state index in [1.54, 1.807) is 0 Å². The second kappa shape index (κ2) is 4.37. The van der Waals surface area contributed by atoms with Crippen molar-refractivity contribution in [2.45, 2.75) is 25.4 Å². The Morgan fingerprint density at radius 2 is 2.17 bits per heavy atom. The van der Waals surface area contributed by atoms with Crippen LogP contribution in [0.5, 0.6) is 0 Å². The molecule has 0 fully saturated rings. The van der Waals surface area contributed by atoms with E-state index >= 15 is 0 Å². The molecule has 0 saturated carbocycles. The van der Waals surface area contributed by atoms with Crippen molar-refractivity contribution in [1.82, 2.24) is 19.5 Å². The van der Waals surface area contributed by atoms with Gasteiger partial charge in [-0.05, 0) is 6.42 Å². The van der Waals surface area contributed by atoms with Gasteiger partial charge in [-0.15, -0.1) is 0 Å². The number of aliphatic hydroxyl groups is 3. The topological polar surface area (TPSA) is 150 Å². The first kappa shape index (κ1) is 12.5. The summed E-state index contributed by atoms with van der Waals surface area (Å²) in [7, 11) is 0. The number of hydrogen-bond donors (Lipinski definition) is 5. The van der Waals surface area contributed by atoms with Crippen molar-refractivity contribution in [2.75, 3.05) is 5.73 Å². The standard InChI is InChI=1S/C9H13N5O4/c10-8-12-6-5(7(15)13-8)14(4-11-6)3-1-2-9(16,17)18/h4,16-18H,1-3H2,(H3,10,12,13,15). The van der Waals surface area contributed by atoms with Crippen molar-refractivity contribution in [3.05, 3.63) is 16.7 Å². The summed E-state index contributed by atoms with van der Waals surface area (Å²) in [6.45, 7) is 0.286. The number of nitrogens with two attached hydrogens (primary N) is 1. The lowest BCUT2D eigenvalue weighted by molar-refractivity contribution is -0.315. The van der Waals surface area contributed by atoms with Crippen LogP contribution in [0, 0.1) is 0 Å². The molecule has 0 aliphatic rings. The molecule has 9 heteroatoms. The molecule has 0 saturated heterocycles. The van der Waals surface area contributed by atoms with Crippen molar-refractivity contribution in [3.63, 3.8) is 0 Å². The Balaban J connectivity index is 2.22. The molecule has 18 heavy (non-hydrogen) atoms. The van der Waals surface area contributed by atoms with Crippen LogP contribution in [-0.2, 0) is 6.54 Å². The van der Waals surface area contributed by atoms with Crippen LogP contribution in [0.2, 0.25) is 0 Å². The van der Waals surface area contributed by atoms with Crippen LogP contribution in [0.15, 0.2) is 11.1 Å². The molecule has 2 aromatic rings. The van der Waals surface area contributed by atoms with Gasteiger partial charge in [-0.25, -0.2) is 4.98 Å². The maximum absolute atomic E-state index is 11.7. The van der Waals surface area contributed by atoms with Gasteiger partial charge in [-0.1, -0.05) is 0 Å². The summed E-state index contributed by atoms with van der Waals surface area (Å²) in [4.78, 5) is 21.8. The number of nitrogens with zero attached hydrogens (tertiary/aromatic N) is 3. The molecule has 0 aliphatic carbocycles. The average Bonchev–Trinajstić information content (AvgIpc) is 2.59. The number of anilines is 1. The van der Waals surface area contributed by atoms with E-state index in [0.29, 0.717) is 0 Å². The largest absolute Gasteiger partial charge is 0.369 e. The summed E-state index contributed by atoms with van der Waals surface area (Å²) in [5, 5.41) is 26.2. The van der Waals surface area contributed by atoms with Crippen LogP contribution in [0.3, 0.4) is 0 Å². The monoisotopic (exact) mass is 255 g/mol. The number of hydrogen-bond acceptors (Lipinski definition) is 7. The fourth-order valence-electron chi connectivity index (χ4n) is 1.66. The number of H-pyrrole nitrogens is 1. The van der Waals surface area contributed by atoms with Crippen LogP contribution in [0.1, 0.15) is 12.8 Å². The lowest BCUT2D eigenvalue weighted by Gasteiger charge is -2.13. The minimum absolute atomic E-state index is 0.0159. The predicted molar refractivity (Wildman–Crippen MR) is 61.2 cm³/mol. The van der Waals surface area contributed by atoms with Gasteiger partial charge in [0.25, 0.3) is 11.5 Å². The van der Waals surface area contributed by atoms with E-state index in [-0.39, 0.29) is 36.5 Å². The van der Waals surface area contributed by atoms with Gasteiger partial charge in [0.05, 0.1) is 6.33 Å². The highest BCUT2D eigenvalue weighted by atomic mass is 16.7. The maximum Gasteiger partial charge on any atom is 0.278 e. The first-order chi connectivity index (χ1) is 8.37. The number of imidazole rings is 1. The van der Waals surface area contributed by atoms with E-state index in [0.717, 1.165) is 0 Å². The molecule has 6 N–H and O–H groups in total. The molecule has 2 rings (SSSR count). The van der Waals surface area contributed by atoms with Crippen molar-refractivity contribution in [3.8, 4) is 0 Å². The highest BCUT2D eigenvalue weighted by Gasteiger charge is 2.17. The van der Waals surface area contributed by atoms with Gasteiger partial charge < -0.3 is 25.6 Å². The van der Waals surface area contributed by atoms with Crippen molar-refractivity contribution in [2.24, 2.45) is 0 Å². The summed E-state index contributed by atoms with van der Waals surface area (Å²) in [5.41, 5.74) is 5.43. The van der Waals surface area contributed by atoms with E-state index in [1.807, 2.05) is 0 Å². The molecule has 2 aromatic heterocycles. The number of rotatable bonds is 4. The number of aromatic nitrogens is 4. The Hall–Kier alpha value is -1.97. The molecule has 0 amide bonds. The first-order valence-electron chi connectivity index (χ1n) is 5.24. The Morgan fingerprint density at radius 3 is 2.83 bits per heavy atom. The average molecular weight is 255 g/mol. The van der Waals surface area contributed by atoms with Crippen LogP contribution in [-0.4, -0.2) is 40.8 Å². The zero-order chi connectivity index (χ0) is 13.3. The van der Waals surface area contributed by atoms with Gasteiger partial charge in [0.1, 0.15) is 0 Å². The SMILES string of the molecule is Nc1nc2ncn(CCCC(O)(O)O)c2c(=O)[nH]1. The third kappa shape index (κ3) is 2.64. The molecule has 98 valence electrons. The molecule has 0 radical (unpaired) electrons. The molecule has 9 nitrogen and oxygen atoms in total. The van der Waals surface area contributed by atoms with Crippen molar-refractivity contribution >= 4 is 17.1 Å². The number of nitrogens with one attached hydrogen (secondary N) is 1. The van der Waals surface area contributed by atoms with Gasteiger partial charge in [0, 0.05) is 13.0 Å². The summed E-state index contributed by atoms with van der Waals surface area (Å²) in [5.74, 6) is -2.72. The van der Waals surface area contributed by atoms with E-state index in [2.05, 4.69) is 15.0 Å². The number of fused-ring (bicyclic) bond motifs is 1. The van der Waals surface area contributed by atoms with E-state index in [1.165, 1.54) is 10.9 Å². The van der Waals surface area contributed by atoms with Crippen LogP contribution in [0.4, 0.5) is 5.95 Å². The molecule has 0 aliphatic heterocycles.